The molecule has 0 atom stereocenters. The number of carbonyl (C=O) groups is 1. The van der Waals surface area contributed by atoms with Crippen LogP contribution in [0.4, 0.5) is 5.13 Å². The summed E-state index contributed by atoms with van der Waals surface area (Å²) in [6, 6.07) is 8.82. The lowest BCUT2D eigenvalue weighted by Crippen LogP contribution is -2.36. The van der Waals surface area contributed by atoms with Crippen molar-refractivity contribution in [2.75, 3.05) is 11.4 Å². The molecule has 1 aromatic heterocycles. The van der Waals surface area contributed by atoms with Crippen LogP contribution in [0.5, 0.6) is 5.75 Å². The van der Waals surface area contributed by atoms with Crippen LogP contribution in [0.15, 0.2) is 29.6 Å². The summed E-state index contributed by atoms with van der Waals surface area (Å²) in [4.78, 5) is 19.7. The first-order valence-corrected chi connectivity index (χ1v) is 13.9. The van der Waals surface area contributed by atoms with Crippen molar-refractivity contribution in [2.45, 2.75) is 103 Å². The van der Waals surface area contributed by atoms with E-state index in [-0.39, 0.29) is 5.97 Å². The van der Waals surface area contributed by atoms with Crippen molar-refractivity contribution in [3.8, 4) is 17.0 Å². The quantitative estimate of drug-likeness (QED) is 0.369. The van der Waals surface area contributed by atoms with Gasteiger partial charge in [0.05, 0.1) is 18.2 Å². The monoisotopic (exact) mass is 484 g/mol. The van der Waals surface area contributed by atoms with E-state index in [1.165, 1.54) is 25.7 Å². The van der Waals surface area contributed by atoms with E-state index in [9.17, 15) is 4.79 Å². The molecule has 0 N–H and O–H groups in total. The number of anilines is 1. The van der Waals surface area contributed by atoms with Gasteiger partial charge in [-0.1, -0.05) is 19.8 Å². The molecule has 0 aliphatic heterocycles. The SMILES string of the molecule is CC(C)(C)OC(=O)CCN(c1nc(-c2ccc(O[C@H]3CC[C@H](C)CC3)cc2)cs1)C1CCCC1. The summed E-state index contributed by atoms with van der Waals surface area (Å²) in [5.74, 6) is 1.63. The Morgan fingerprint density at radius 1 is 1.06 bits per heavy atom. The Labute approximate surface area is 208 Å². The highest BCUT2D eigenvalue weighted by Gasteiger charge is 2.27. The number of rotatable bonds is 8. The molecule has 0 unspecified atom stereocenters. The molecule has 0 radical (unpaired) electrons. The second-order valence-electron chi connectivity index (χ2n) is 11.0. The second kappa shape index (κ2) is 11.1. The molecule has 2 aromatic rings. The highest BCUT2D eigenvalue weighted by atomic mass is 32.1. The third kappa shape index (κ3) is 6.97. The zero-order valence-corrected chi connectivity index (χ0v) is 22.0. The van der Waals surface area contributed by atoms with Crippen molar-refractivity contribution in [3.05, 3.63) is 29.6 Å². The van der Waals surface area contributed by atoms with E-state index in [1.807, 2.05) is 20.8 Å². The average Bonchev–Trinajstić information content (AvgIpc) is 3.48. The van der Waals surface area contributed by atoms with Gasteiger partial charge in [0, 0.05) is 23.5 Å². The van der Waals surface area contributed by atoms with Gasteiger partial charge >= 0.3 is 5.97 Å². The van der Waals surface area contributed by atoms with Crippen molar-refractivity contribution >= 4 is 22.4 Å². The summed E-state index contributed by atoms with van der Waals surface area (Å²) in [6.07, 6.45) is 10.4. The molecule has 2 aliphatic carbocycles. The predicted molar refractivity (Wildman–Crippen MR) is 140 cm³/mol. The Hall–Kier alpha value is -2.08. The molecule has 0 bridgehead atoms. The van der Waals surface area contributed by atoms with Crippen LogP contribution >= 0.6 is 11.3 Å². The van der Waals surface area contributed by atoms with Gasteiger partial charge in [-0.3, -0.25) is 4.79 Å². The van der Waals surface area contributed by atoms with Crippen LogP contribution in [0.3, 0.4) is 0 Å². The Morgan fingerprint density at radius 2 is 1.74 bits per heavy atom. The third-order valence-electron chi connectivity index (χ3n) is 6.90. The number of benzene rings is 1. The van der Waals surface area contributed by atoms with E-state index < -0.39 is 5.60 Å². The average molecular weight is 485 g/mol. The molecule has 186 valence electrons. The standard InChI is InChI=1S/C28H40N2O3S/c1-20-9-13-23(14-10-20)32-24-15-11-21(12-16-24)25-19-34-27(29-25)30(22-7-5-6-8-22)18-17-26(31)33-28(2,3)4/h11-12,15-16,19-20,22-23H,5-10,13-14,17-18H2,1-4H3/t20-,23-. The van der Waals surface area contributed by atoms with E-state index in [0.29, 0.717) is 25.1 Å². The predicted octanol–water partition coefficient (Wildman–Crippen LogP) is 7.25. The van der Waals surface area contributed by atoms with Crippen LogP contribution in [-0.2, 0) is 9.53 Å². The van der Waals surface area contributed by atoms with Gasteiger partial charge in [-0.25, -0.2) is 4.98 Å². The molecule has 0 amide bonds. The summed E-state index contributed by atoms with van der Waals surface area (Å²) in [7, 11) is 0. The molecule has 4 rings (SSSR count). The number of ether oxygens (including phenoxy) is 2. The number of aromatic nitrogens is 1. The minimum absolute atomic E-state index is 0.143. The maximum Gasteiger partial charge on any atom is 0.308 e. The van der Waals surface area contributed by atoms with Crippen LogP contribution in [-0.4, -0.2) is 35.2 Å². The molecule has 2 fully saturated rings. The van der Waals surface area contributed by atoms with E-state index in [1.54, 1.807) is 11.3 Å². The van der Waals surface area contributed by atoms with Crippen molar-refractivity contribution in [3.63, 3.8) is 0 Å². The Balaban J connectivity index is 1.40. The van der Waals surface area contributed by atoms with Gasteiger partial charge in [0.25, 0.3) is 0 Å². The van der Waals surface area contributed by atoms with Crippen molar-refractivity contribution < 1.29 is 14.3 Å². The number of nitrogens with zero attached hydrogens (tertiary/aromatic N) is 2. The summed E-state index contributed by atoms with van der Waals surface area (Å²) in [6.45, 7) is 8.73. The van der Waals surface area contributed by atoms with Crippen LogP contribution in [0, 0.1) is 5.92 Å². The number of thiazole rings is 1. The number of carbonyl (C=O) groups excluding carboxylic acids is 1. The molecule has 1 aromatic carbocycles. The molecule has 2 aliphatic rings. The zero-order chi connectivity index (χ0) is 24.1. The van der Waals surface area contributed by atoms with Gasteiger partial charge in [-0.05, 0) is 89.5 Å². The van der Waals surface area contributed by atoms with Gasteiger partial charge in [0.2, 0.25) is 0 Å². The molecular formula is C28H40N2O3S. The molecule has 34 heavy (non-hydrogen) atoms. The summed E-state index contributed by atoms with van der Waals surface area (Å²) in [5, 5.41) is 3.13. The first kappa shape index (κ1) is 25.0. The largest absolute Gasteiger partial charge is 0.490 e. The number of hydrogen-bond acceptors (Lipinski definition) is 6. The van der Waals surface area contributed by atoms with Crippen molar-refractivity contribution in [1.82, 2.24) is 4.98 Å². The Kier molecular flexibility index (Phi) is 8.18. The second-order valence-corrected chi connectivity index (χ2v) is 11.8. The fraction of sp³-hybridized carbons (Fsp3) is 0.643. The number of hydrogen-bond donors (Lipinski definition) is 0. The summed E-state index contributed by atoms with van der Waals surface area (Å²) in [5.41, 5.74) is 1.64. The van der Waals surface area contributed by atoms with E-state index in [2.05, 4.69) is 41.5 Å². The van der Waals surface area contributed by atoms with Crippen LogP contribution in [0.2, 0.25) is 0 Å². The maximum absolute atomic E-state index is 12.3. The smallest absolute Gasteiger partial charge is 0.308 e. The zero-order valence-electron chi connectivity index (χ0n) is 21.2. The highest BCUT2D eigenvalue weighted by molar-refractivity contribution is 7.14. The third-order valence-corrected chi connectivity index (χ3v) is 7.77. The van der Waals surface area contributed by atoms with Crippen molar-refractivity contribution in [1.29, 1.82) is 0 Å². The molecular weight excluding hydrogens is 444 g/mol. The summed E-state index contributed by atoms with van der Waals surface area (Å²) >= 11 is 1.67. The van der Waals surface area contributed by atoms with Gasteiger partial charge in [0.15, 0.2) is 5.13 Å². The number of esters is 1. The molecule has 0 saturated heterocycles. The first-order chi connectivity index (χ1) is 16.3. The topological polar surface area (TPSA) is 51.7 Å². The molecule has 0 spiro atoms. The maximum atomic E-state index is 12.3. The van der Waals surface area contributed by atoms with E-state index in [4.69, 9.17) is 14.5 Å². The van der Waals surface area contributed by atoms with Crippen LogP contribution in [0.1, 0.15) is 85.5 Å². The lowest BCUT2D eigenvalue weighted by Gasteiger charge is -2.29. The van der Waals surface area contributed by atoms with Gasteiger partial charge in [-0.15, -0.1) is 11.3 Å². The van der Waals surface area contributed by atoms with E-state index >= 15 is 0 Å². The fourth-order valence-electron chi connectivity index (χ4n) is 5.03. The Morgan fingerprint density at radius 3 is 2.38 bits per heavy atom. The van der Waals surface area contributed by atoms with E-state index in [0.717, 1.165) is 53.7 Å². The van der Waals surface area contributed by atoms with Crippen LogP contribution in [0.25, 0.3) is 11.3 Å². The van der Waals surface area contributed by atoms with Gasteiger partial charge in [-0.2, -0.15) is 0 Å². The van der Waals surface area contributed by atoms with Crippen LogP contribution < -0.4 is 9.64 Å². The van der Waals surface area contributed by atoms with Gasteiger partial charge in [0.1, 0.15) is 11.4 Å². The normalized spacial score (nSPS) is 21.4. The molecule has 5 nitrogen and oxygen atoms in total. The summed E-state index contributed by atoms with van der Waals surface area (Å²) < 4.78 is 11.8. The van der Waals surface area contributed by atoms with Crippen molar-refractivity contribution in [2.24, 2.45) is 5.92 Å². The lowest BCUT2D eigenvalue weighted by molar-refractivity contribution is -0.154. The minimum atomic E-state index is -0.449. The molecule has 2 saturated carbocycles. The lowest BCUT2D eigenvalue weighted by atomic mass is 9.89. The molecule has 6 heteroatoms. The first-order valence-electron chi connectivity index (χ1n) is 13.0. The fourth-order valence-corrected chi connectivity index (χ4v) is 5.96. The highest BCUT2D eigenvalue weighted by Crippen LogP contribution is 2.34. The minimum Gasteiger partial charge on any atom is -0.490 e. The Bertz CT molecular complexity index is 920. The van der Waals surface area contributed by atoms with Gasteiger partial charge < -0.3 is 14.4 Å². The molecule has 1 heterocycles.